The van der Waals surface area contributed by atoms with Crippen molar-refractivity contribution in [1.29, 1.82) is 0 Å². The lowest BCUT2D eigenvalue weighted by Crippen LogP contribution is -2.13. The van der Waals surface area contributed by atoms with Gasteiger partial charge >= 0.3 is 0 Å². The first kappa shape index (κ1) is 18.0. The number of rotatable bonds is 6. The fourth-order valence-electron chi connectivity index (χ4n) is 2.51. The van der Waals surface area contributed by atoms with Crippen molar-refractivity contribution in [1.82, 2.24) is 0 Å². The Morgan fingerprint density at radius 1 is 1.17 bits per heavy atom. The first-order valence-corrected chi connectivity index (χ1v) is 8.26. The predicted molar refractivity (Wildman–Crippen MR) is 94.9 cm³/mol. The first-order chi connectivity index (χ1) is 11.5. The molecule has 0 aromatic heterocycles. The minimum absolute atomic E-state index is 0.0538. The van der Waals surface area contributed by atoms with E-state index in [9.17, 15) is 9.18 Å². The Morgan fingerprint density at radius 2 is 1.88 bits per heavy atom. The van der Waals surface area contributed by atoms with E-state index < -0.39 is 0 Å². The summed E-state index contributed by atoms with van der Waals surface area (Å²) in [5, 5.41) is 2.89. The summed E-state index contributed by atoms with van der Waals surface area (Å²) >= 11 is 0. The molecule has 4 heteroatoms. The maximum absolute atomic E-state index is 14.1. The Hall–Kier alpha value is -2.36. The van der Waals surface area contributed by atoms with Crippen LogP contribution in [0.4, 0.5) is 10.1 Å². The van der Waals surface area contributed by atoms with Gasteiger partial charge in [-0.25, -0.2) is 4.39 Å². The summed E-state index contributed by atoms with van der Waals surface area (Å²) in [6.07, 6.45) is 1.21. The summed E-state index contributed by atoms with van der Waals surface area (Å²) in [6.45, 7) is 7.85. The molecule has 0 atom stereocenters. The molecule has 3 nitrogen and oxygen atoms in total. The Balaban J connectivity index is 2.28. The molecule has 0 radical (unpaired) electrons. The lowest BCUT2D eigenvalue weighted by atomic mass is 10.0. The van der Waals surface area contributed by atoms with Crippen molar-refractivity contribution < 1.29 is 13.9 Å². The standard InChI is InChI=1S/C20H24FNO2/c1-5-15-8-7-9-18(22-20(23)6-2)16(15)12-24-19-11-14(4)13(3)10-17(19)21/h7-11H,5-6,12H2,1-4H3,(H,22,23). The van der Waals surface area contributed by atoms with E-state index in [1.807, 2.05) is 39.0 Å². The molecule has 2 aromatic rings. The number of aryl methyl sites for hydroxylation is 3. The summed E-state index contributed by atoms with van der Waals surface area (Å²) in [4.78, 5) is 11.7. The number of benzene rings is 2. The molecule has 1 amide bonds. The number of halogens is 1. The minimum Gasteiger partial charge on any atom is -0.486 e. The number of hydrogen-bond acceptors (Lipinski definition) is 2. The molecule has 0 fully saturated rings. The van der Waals surface area contributed by atoms with Crippen LogP contribution in [0.3, 0.4) is 0 Å². The van der Waals surface area contributed by atoms with Crippen molar-refractivity contribution in [2.75, 3.05) is 5.32 Å². The van der Waals surface area contributed by atoms with E-state index in [1.54, 1.807) is 13.0 Å². The van der Waals surface area contributed by atoms with Crippen LogP contribution in [0.1, 0.15) is 42.5 Å². The van der Waals surface area contributed by atoms with E-state index in [1.165, 1.54) is 6.07 Å². The van der Waals surface area contributed by atoms with Gasteiger partial charge in [-0.15, -0.1) is 0 Å². The lowest BCUT2D eigenvalue weighted by Gasteiger charge is -2.16. The Morgan fingerprint density at radius 3 is 2.54 bits per heavy atom. The number of nitrogens with one attached hydrogen (secondary N) is 1. The molecule has 2 aromatic carbocycles. The second-order valence-corrected chi connectivity index (χ2v) is 5.85. The Labute approximate surface area is 142 Å². The highest BCUT2D eigenvalue weighted by Crippen LogP contribution is 2.26. The normalized spacial score (nSPS) is 10.5. The fraction of sp³-hybridized carbons (Fsp3) is 0.350. The summed E-state index contributed by atoms with van der Waals surface area (Å²) in [5.74, 6) is -0.190. The van der Waals surface area contributed by atoms with Crippen LogP contribution in [0.2, 0.25) is 0 Å². The van der Waals surface area contributed by atoms with Gasteiger partial charge in [-0.05, 0) is 55.2 Å². The molecule has 0 saturated carbocycles. The third kappa shape index (κ3) is 4.13. The van der Waals surface area contributed by atoms with Crippen molar-refractivity contribution in [2.45, 2.75) is 47.1 Å². The quantitative estimate of drug-likeness (QED) is 0.816. The molecule has 0 unspecified atom stereocenters. The molecule has 1 N–H and O–H groups in total. The molecular weight excluding hydrogens is 305 g/mol. The molecule has 0 aliphatic rings. The molecule has 0 bridgehead atoms. The monoisotopic (exact) mass is 329 g/mol. The third-order valence-electron chi connectivity index (χ3n) is 4.17. The number of carbonyl (C=O) groups excluding carboxylic acids is 1. The number of hydrogen-bond donors (Lipinski definition) is 1. The largest absolute Gasteiger partial charge is 0.486 e. The van der Waals surface area contributed by atoms with Crippen molar-refractivity contribution in [3.8, 4) is 5.75 Å². The second kappa shape index (κ2) is 7.95. The fourth-order valence-corrected chi connectivity index (χ4v) is 2.51. The minimum atomic E-state index is -0.369. The Kier molecular flexibility index (Phi) is 5.96. The number of ether oxygens (including phenoxy) is 1. The maximum Gasteiger partial charge on any atom is 0.224 e. The zero-order valence-corrected chi connectivity index (χ0v) is 14.7. The van der Waals surface area contributed by atoms with Gasteiger partial charge in [-0.3, -0.25) is 4.79 Å². The van der Waals surface area contributed by atoms with E-state index in [-0.39, 0.29) is 24.1 Å². The van der Waals surface area contributed by atoms with E-state index >= 15 is 0 Å². The van der Waals surface area contributed by atoms with Crippen LogP contribution in [0.25, 0.3) is 0 Å². The van der Waals surface area contributed by atoms with Crippen LogP contribution in [0.5, 0.6) is 5.75 Å². The first-order valence-electron chi connectivity index (χ1n) is 8.26. The highest BCUT2D eigenvalue weighted by atomic mass is 19.1. The van der Waals surface area contributed by atoms with E-state index in [4.69, 9.17) is 4.74 Å². The van der Waals surface area contributed by atoms with E-state index in [0.717, 1.165) is 34.4 Å². The predicted octanol–water partition coefficient (Wildman–Crippen LogP) is 4.93. The summed E-state index contributed by atoms with van der Waals surface area (Å²) in [6, 6.07) is 8.95. The summed E-state index contributed by atoms with van der Waals surface area (Å²) in [7, 11) is 0. The molecule has 128 valence electrons. The van der Waals surface area contributed by atoms with Gasteiger partial charge in [0.1, 0.15) is 6.61 Å². The van der Waals surface area contributed by atoms with E-state index in [0.29, 0.717) is 6.42 Å². The van der Waals surface area contributed by atoms with Crippen molar-refractivity contribution >= 4 is 11.6 Å². The summed E-state index contributed by atoms with van der Waals surface area (Å²) in [5.41, 5.74) is 4.57. The zero-order valence-electron chi connectivity index (χ0n) is 14.7. The smallest absolute Gasteiger partial charge is 0.224 e. The van der Waals surface area contributed by atoms with Gasteiger partial charge in [0.2, 0.25) is 5.91 Å². The molecule has 24 heavy (non-hydrogen) atoms. The Bertz CT molecular complexity index is 741. The molecular formula is C20H24FNO2. The zero-order chi connectivity index (χ0) is 17.7. The van der Waals surface area contributed by atoms with Gasteiger partial charge in [-0.2, -0.15) is 0 Å². The summed E-state index contributed by atoms with van der Waals surface area (Å²) < 4.78 is 19.8. The van der Waals surface area contributed by atoms with Gasteiger partial charge in [0.25, 0.3) is 0 Å². The molecule has 2 rings (SSSR count). The van der Waals surface area contributed by atoms with Crippen molar-refractivity contribution in [2.24, 2.45) is 0 Å². The molecule has 0 saturated heterocycles. The SMILES string of the molecule is CCC(=O)Nc1cccc(CC)c1COc1cc(C)c(C)cc1F. The average molecular weight is 329 g/mol. The number of carbonyl (C=O) groups is 1. The van der Waals surface area contributed by atoms with Crippen LogP contribution in [-0.2, 0) is 17.8 Å². The van der Waals surface area contributed by atoms with Crippen molar-refractivity contribution in [3.05, 3.63) is 58.4 Å². The van der Waals surface area contributed by atoms with Crippen LogP contribution in [0, 0.1) is 19.7 Å². The van der Waals surface area contributed by atoms with Gasteiger partial charge < -0.3 is 10.1 Å². The van der Waals surface area contributed by atoms with Gasteiger partial charge in [-0.1, -0.05) is 26.0 Å². The van der Waals surface area contributed by atoms with Gasteiger partial charge in [0, 0.05) is 17.7 Å². The van der Waals surface area contributed by atoms with Crippen LogP contribution >= 0.6 is 0 Å². The van der Waals surface area contributed by atoms with Gasteiger partial charge in [0.05, 0.1) is 0 Å². The highest BCUT2D eigenvalue weighted by Gasteiger charge is 2.12. The maximum atomic E-state index is 14.1. The number of amides is 1. The van der Waals surface area contributed by atoms with E-state index in [2.05, 4.69) is 5.32 Å². The van der Waals surface area contributed by atoms with Crippen LogP contribution < -0.4 is 10.1 Å². The topological polar surface area (TPSA) is 38.3 Å². The van der Waals surface area contributed by atoms with Crippen LogP contribution in [-0.4, -0.2) is 5.91 Å². The average Bonchev–Trinajstić information content (AvgIpc) is 2.57. The van der Waals surface area contributed by atoms with Gasteiger partial charge in [0.15, 0.2) is 11.6 Å². The number of anilines is 1. The molecule has 0 spiro atoms. The molecule has 0 aliphatic carbocycles. The lowest BCUT2D eigenvalue weighted by molar-refractivity contribution is -0.115. The van der Waals surface area contributed by atoms with Crippen molar-refractivity contribution in [3.63, 3.8) is 0 Å². The van der Waals surface area contributed by atoms with Crippen LogP contribution in [0.15, 0.2) is 30.3 Å². The highest BCUT2D eigenvalue weighted by molar-refractivity contribution is 5.91. The third-order valence-corrected chi connectivity index (χ3v) is 4.17. The second-order valence-electron chi connectivity index (χ2n) is 5.85. The molecule has 0 aliphatic heterocycles. The molecule has 0 heterocycles.